The zero-order valence-corrected chi connectivity index (χ0v) is 17.9. The Hall–Kier alpha value is -2.05. The van der Waals surface area contributed by atoms with E-state index >= 15 is 0 Å². The lowest BCUT2D eigenvalue weighted by Gasteiger charge is -2.32. The number of rotatable bonds is 5. The standard InChI is InChI=1S/C21H22BrClN2O3/c1-28-19-5-3-2-4-14(19)12-20(26)25-10-8-16(9-11-25)24-21(27)17-7-6-15(22)13-18(17)23/h2-7,13,16H,8-12H2,1H3,(H,24,27). The Morgan fingerprint density at radius 3 is 2.61 bits per heavy atom. The number of carbonyl (C=O) groups excluding carboxylic acids is 2. The highest BCUT2D eigenvalue weighted by molar-refractivity contribution is 9.10. The van der Waals surface area contributed by atoms with Crippen LogP contribution in [0.25, 0.3) is 0 Å². The molecule has 0 radical (unpaired) electrons. The van der Waals surface area contributed by atoms with Gasteiger partial charge in [-0.15, -0.1) is 0 Å². The van der Waals surface area contributed by atoms with Gasteiger partial charge in [0.2, 0.25) is 5.91 Å². The zero-order valence-electron chi connectivity index (χ0n) is 15.6. The zero-order chi connectivity index (χ0) is 20.1. The first-order valence-electron chi connectivity index (χ1n) is 9.13. The fourth-order valence-corrected chi connectivity index (χ4v) is 4.09. The molecule has 28 heavy (non-hydrogen) atoms. The quantitative estimate of drug-likeness (QED) is 0.724. The van der Waals surface area contributed by atoms with Crippen molar-refractivity contribution in [3.63, 3.8) is 0 Å². The summed E-state index contributed by atoms with van der Waals surface area (Å²) in [6.45, 7) is 1.24. The molecule has 1 aliphatic rings. The van der Waals surface area contributed by atoms with Crippen LogP contribution in [0, 0.1) is 0 Å². The van der Waals surface area contributed by atoms with Crippen molar-refractivity contribution in [1.29, 1.82) is 0 Å². The van der Waals surface area contributed by atoms with Gasteiger partial charge in [-0.2, -0.15) is 0 Å². The van der Waals surface area contributed by atoms with Gasteiger partial charge in [0.1, 0.15) is 5.75 Å². The molecule has 1 heterocycles. The van der Waals surface area contributed by atoms with Gasteiger partial charge >= 0.3 is 0 Å². The summed E-state index contributed by atoms with van der Waals surface area (Å²) < 4.78 is 6.15. The van der Waals surface area contributed by atoms with E-state index in [2.05, 4.69) is 21.2 Å². The highest BCUT2D eigenvalue weighted by atomic mass is 79.9. The summed E-state index contributed by atoms with van der Waals surface area (Å²) in [7, 11) is 1.61. The SMILES string of the molecule is COc1ccccc1CC(=O)N1CCC(NC(=O)c2ccc(Br)cc2Cl)CC1. The number of nitrogens with zero attached hydrogens (tertiary/aromatic N) is 1. The number of benzene rings is 2. The molecule has 7 heteroatoms. The van der Waals surface area contributed by atoms with Gasteiger partial charge in [-0.3, -0.25) is 9.59 Å². The third-order valence-electron chi connectivity index (χ3n) is 4.89. The summed E-state index contributed by atoms with van der Waals surface area (Å²) in [5.41, 5.74) is 1.34. The molecule has 3 rings (SSSR count). The number of piperidine rings is 1. The first kappa shape index (κ1) is 20.7. The van der Waals surface area contributed by atoms with Crippen LogP contribution in [0.1, 0.15) is 28.8 Å². The lowest BCUT2D eigenvalue weighted by molar-refractivity contribution is -0.131. The molecule has 0 saturated carbocycles. The van der Waals surface area contributed by atoms with Gasteiger partial charge in [-0.05, 0) is 37.1 Å². The van der Waals surface area contributed by atoms with Crippen molar-refractivity contribution in [3.8, 4) is 5.75 Å². The molecular weight excluding hydrogens is 444 g/mol. The number of carbonyl (C=O) groups is 2. The highest BCUT2D eigenvalue weighted by Gasteiger charge is 2.25. The Morgan fingerprint density at radius 2 is 1.93 bits per heavy atom. The molecule has 2 aromatic carbocycles. The molecule has 1 aliphatic heterocycles. The van der Waals surface area contributed by atoms with Crippen molar-refractivity contribution in [2.24, 2.45) is 0 Å². The van der Waals surface area contributed by atoms with Crippen LogP contribution >= 0.6 is 27.5 Å². The van der Waals surface area contributed by atoms with E-state index in [9.17, 15) is 9.59 Å². The Kier molecular flexibility index (Phi) is 6.97. The third kappa shape index (κ3) is 5.06. The van der Waals surface area contributed by atoms with Crippen LogP contribution in [-0.4, -0.2) is 43.0 Å². The van der Waals surface area contributed by atoms with E-state index in [0.717, 1.165) is 28.6 Å². The van der Waals surface area contributed by atoms with Crippen molar-refractivity contribution in [3.05, 3.63) is 63.1 Å². The second kappa shape index (κ2) is 9.43. The number of para-hydroxylation sites is 1. The molecule has 0 unspecified atom stereocenters. The summed E-state index contributed by atoms with van der Waals surface area (Å²) in [5.74, 6) is 0.617. The molecule has 0 spiro atoms. The minimum atomic E-state index is -0.184. The van der Waals surface area contributed by atoms with Gasteiger partial charge in [0.05, 0.1) is 24.1 Å². The number of likely N-dealkylation sites (tertiary alicyclic amines) is 1. The molecule has 2 amide bonds. The van der Waals surface area contributed by atoms with Gasteiger partial charge in [0.25, 0.3) is 5.91 Å². The number of hydrogen-bond acceptors (Lipinski definition) is 3. The van der Waals surface area contributed by atoms with Gasteiger partial charge in [-0.1, -0.05) is 45.7 Å². The van der Waals surface area contributed by atoms with Crippen LogP contribution in [-0.2, 0) is 11.2 Å². The molecule has 1 saturated heterocycles. The summed E-state index contributed by atoms with van der Waals surface area (Å²) >= 11 is 9.49. The second-order valence-electron chi connectivity index (χ2n) is 6.74. The average molecular weight is 466 g/mol. The van der Waals surface area contributed by atoms with Crippen LogP contribution in [0.5, 0.6) is 5.75 Å². The first-order chi connectivity index (χ1) is 13.5. The molecule has 148 valence electrons. The van der Waals surface area contributed by atoms with Crippen molar-refractivity contribution in [1.82, 2.24) is 10.2 Å². The van der Waals surface area contributed by atoms with E-state index in [4.69, 9.17) is 16.3 Å². The number of halogens is 2. The third-order valence-corrected chi connectivity index (χ3v) is 5.70. The molecule has 1 fully saturated rings. The van der Waals surface area contributed by atoms with Crippen molar-refractivity contribution in [2.45, 2.75) is 25.3 Å². The van der Waals surface area contributed by atoms with E-state index in [1.165, 1.54) is 0 Å². The maximum Gasteiger partial charge on any atom is 0.253 e. The maximum atomic E-state index is 12.6. The van der Waals surface area contributed by atoms with Crippen LogP contribution in [0.3, 0.4) is 0 Å². The predicted octanol–water partition coefficient (Wildman–Crippen LogP) is 4.07. The summed E-state index contributed by atoms with van der Waals surface area (Å²) in [6.07, 6.45) is 1.75. The summed E-state index contributed by atoms with van der Waals surface area (Å²) in [5, 5.41) is 3.44. The second-order valence-corrected chi connectivity index (χ2v) is 8.06. The monoisotopic (exact) mass is 464 g/mol. The minimum Gasteiger partial charge on any atom is -0.496 e. The number of amides is 2. The van der Waals surface area contributed by atoms with Crippen molar-refractivity contribution >= 4 is 39.3 Å². The van der Waals surface area contributed by atoms with Gasteiger partial charge < -0.3 is 15.0 Å². The van der Waals surface area contributed by atoms with E-state index in [0.29, 0.717) is 30.1 Å². The van der Waals surface area contributed by atoms with E-state index in [1.807, 2.05) is 29.2 Å². The van der Waals surface area contributed by atoms with E-state index in [1.54, 1.807) is 25.3 Å². The molecule has 0 atom stereocenters. The topological polar surface area (TPSA) is 58.6 Å². The Balaban J connectivity index is 1.52. The van der Waals surface area contributed by atoms with Crippen LogP contribution in [0.4, 0.5) is 0 Å². The van der Waals surface area contributed by atoms with Gasteiger partial charge in [-0.25, -0.2) is 0 Å². The Morgan fingerprint density at radius 1 is 1.21 bits per heavy atom. The molecule has 2 aromatic rings. The van der Waals surface area contributed by atoms with E-state index < -0.39 is 0 Å². The average Bonchev–Trinajstić information content (AvgIpc) is 2.68. The van der Waals surface area contributed by atoms with Gasteiger partial charge in [0.15, 0.2) is 0 Å². The van der Waals surface area contributed by atoms with Crippen LogP contribution in [0.2, 0.25) is 5.02 Å². The predicted molar refractivity (Wildman–Crippen MR) is 113 cm³/mol. The minimum absolute atomic E-state index is 0.0301. The molecule has 0 aromatic heterocycles. The number of nitrogens with one attached hydrogen (secondary N) is 1. The molecule has 0 bridgehead atoms. The summed E-state index contributed by atoms with van der Waals surface area (Å²) in [6, 6.07) is 12.8. The Labute approximate surface area is 178 Å². The van der Waals surface area contributed by atoms with Crippen LogP contribution < -0.4 is 10.1 Å². The highest BCUT2D eigenvalue weighted by Crippen LogP contribution is 2.23. The number of methoxy groups -OCH3 is 1. The fraction of sp³-hybridized carbons (Fsp3) is 0.333. The normalized spacial score (nSPS) is 14.6. The maximum absolute atomic E-state index is 12.6. The number of hydrogen-bond donors (Lipinski definition) is 1. The molecular formula is C21H22BrClN2O3. The molecule has 5 nitrogen and oxygen atoms in total. The number of ether oxygens (including phenoxy) is 1. The van der Waals surface area contributed by atoms with Crippen molar-refractivity contribution < 1.29 is 14.3 Å². The fourth-order valence-electron chi connectivity index (χ4n) is 3.33. The first-order valence-corrected chi connectivity index (χ1v) is 10.3. The smallest absolute Gasteiger partial charge is 0.253 e. The summed E-state index contributed by atoms with van der Waals surface area (Å²) in [4.78, 5) is 26.9. The molecule has 0 aliphatic carbocycles. The van der Waals surface area contributed by atoms with Crippen molar-refractivity contribution in [2.75, 3.05) is 20.2 Å². The van der Waals surface area contributed by atoms with Crippen LogP contribution in [0.15, 0.2) is 46.9 Å². The molecule has 1 N–H and O–H groups in total. The van der Waals surface area contributed by atoms with Gasteiger partial charge in [0, 0.05) is 29.2 Å². The largest absolute Gasteiger partial charge is 0.496 e. The van der Waals surface area contributed by atoms with E-state index in [-0.39, 0.29) is 17.9 Å². The lowest BCUT2D eigenvalue weighted by Crippen LogP contribution is -2.47. The Bertz CT molecular complexity index is 866. The lowest BCUT2D eigenvalue weighted by atomic mass is 10.0.